The van der Waals surface area contributed by atoms with Gasteiger partial charge >= 0.3 is 0 Å². The third-order valence-corrected chi connectivity index (χ3v) is 5.93. The third kappa shape index (κ3) is 5.72. The minimum atomic E-state index is -0.0660. The molecule has 2 aromatic rings. The lowest BCUT2D eigenvalue weighted by Crippen LogP contribution is -2.40. The zero-order chi connectivity index (χ0) is 23.1. The molecule has 0 saturated carbocycles. The molecule has 1 aliphatic heterocycles. The molecule has 1 aliphatic rings. The largest absolute Gasteiger partial charge is 0.497 e. The number of nitrogens with one attached hydrogen (secondary N) is 1. The van der Waals surface area contributed by atoms with Crippen LogP contribution in [-0.4, -0.2) is 51.1 Å². The second-order valence-corrected chi connectivity index (χ2v) is 8.09. The van der Waals surface area contributed by atoms with Gasteiger partial charge in [-0.3, -0.25) is 9.59 Å². The van der Waals surface area contributed by atoms with Crippen LogP contribution in [0.5, 0.6) is 17.2 Å². The van der Waals surface area contributed by atoms with Crippen LogP contribution in [0.25, 0.3) is 0 Å². The molecule has 1 heterocycles. The number of methoxy groups -OCH3 is 3. The topological polar surface area (TPSA) is 77.1 Å². The van der Waals surface area contributed by atoms with Crippen molar-refractivity contribution in [3.8, 4) is 17.2 Å². The summed E-state index contributed by atoms with van der Waals surface area (Å²) in [6.45, 7) is 3.27. The number of piperidine rings is 1. The minimum Gasteiger partial charge on any atom is -0.497 e. The Morgan fingerprint density at radius 2 is 1.75 bits per heavy atom. The highest BCUT2D eigenvalue weighted by Crippen LogP contribution is 2.29. The van der Waals surface area contributed by atoms with Gasteiger partial charge in [0.15, 0.2) is 0 Å². The highest BCUT2D eigenvalue weighted by Gasteiger charge is 2.27. The maximum absolute atomic E-state index is 13.2. The number of nitrogens with zero attached hydrogens (tertiary/aromatic N) is 1. The molecule has 0 aliphatic carbocycles. The molecule has 3 rings (SSSR count). The number of hydrogen-bond donors (Lipinski definition) is 1. The molecule has 1 saturated heterocycles. The predicted octanol–water partition coefficient (Wildman–Crippen LogP) is 4.29. The van der Waals surface area contributed by atoms with Gasteiger partial charge in [0.05, 0.1) is 26.9 Å². The second kappa shape index (κ2) is 10.9. The number of ether oxygens (including phenoxy) is 3. The van der Waals surface area contributed by atoms with E-state index in [9.17, 15) is 9.59 Å². The Kier molecular flexibility index (Phi) is 7.98. The van der Waals surface area contributed by atoms with Crippen LogP contribution in [0.2, 0.25) is 0 Å². The second-order valence-electron chi connectivity index (χ2n) is 8.09. The first-order chi connectivity index (χ1) is 15.4. The molecule has 0 bridgehead atoms. The summed E-state index contributed by atoms with van der Waals surface area (Å²) in [5.41, 5.74) is 2.25. The molecular weight excluding hydrogens is 408 g/mol. The van der Waals surface area contributed by atoms with Crippen molar-refractivity contribution in [2.24, 2.45) is 5.92 Å². The molecular formula is C25H32N2O5. The summed E-state index contributed by atoms with van der Waals surface area (Å²) in [6, 6.07) is 10.8. The van der Waals surface area contributed by atoms with Crippen LogP contribution in [0.1, 0.15) is 41.6 Å². The van der Waals surface area contributed by atoms with Gasteiger partial charge in [0.1, 0.15) is 17.2 Å². The lowest BCUT2D eigenvalue weighted by atomic mass is 9.92. The normalized spacial score (nSPS) is 15.8. The Morgan fingerprint density at radius 3 is 2.44 bits per heavy atom. The molecule has 1 N–H and O–H groups in total. The summed E-state index contributed by atoms with van der Waals surface area (Å²) >= 11 is 0. The number of aryl methyl sites for hydroxylation is 1. The fraction of sp³-hybridized carbons (Fsp3) is 0.440. The molecule has 2 amide bonds. The van der Waals surface area contributed by atoms with E-state index in [-0.39, 0.29) is 17.7 Å². The standard InChI is InChI=1S/C25H32N2O5/c1-17-14-19(30-2)8-10-22(17)26-24(28)12-7-18-6-5-13-27(16-18)25(29)21-15-20(31-3)9-11-23(21)32-4/h8-11,14-15,18H,5-7,12-13,16H2,1-4H3,(H,26,28). The molecule has 1 fully saturated rings. The summed E-state index contributed by atoms with van der Waals surface area (Å²) in [4.78, 5) is 27.5. The van der Waals surface area contributed by atoms with E-state index in [0.717, 1.165) is 36.3 Å². The molecule has 7 nitrogen and oxygen atoms in total. The molecule has 0 aromatic heterocycles. The van der Waals surface area contributed by atoms with Gasteiger partial charge < -0.3 is 24.4 Å². The summed E-state index contributed by atoms with van der Waals surface area (Å²) in [7, 11) is 4.75. The van der Waals surface area contributed by atoms with Gasteiger partial charge in [-0.2, -0.15) is 0 Å². The monoisotopic (exact) mass is 440 g/mol. The minimum absolute atomic E-state index is 0.0174. The number of likely N-dealkylation sites (tertiary alicyclic amines) is 1. The van der Waals surface area contributed by atoms with E-state index in [1.165, 1.54) is 0 Å². The van der Waals surface area contributed by atoms with E-state index in [0.29, 0.717) is 36.6 Å². The quantitative estimate of drug-likeness (QED) is 0.663. The molecule has 7 heteroatoms. The number of benzene rings is 2. The maximum Gasteiger partial charge on any atom is 0.257 e. The first-order valence-electron chi connectivity index (χ1n) is 10.9. The summed E-state index contributed by atoms with van der Waals surface area (Å²) in [6.07, 6.45) is 3.08. The van der Waals surface area contributed by atoms with E-state index >= 15 is 0 Å². The average Bonchev–Trinajstić information content (AvgIpc) is 2.83. The molecule has 1 atom stereocenters. The number of rotatable bonds is 8. The van der Waals surface area contributed by atoms with Gasteiger partial charge in [0, 0.05) is 25.2 Å². The van der Waals surface area contributed by atoms with Crippen molar-refractivity contribution < 1.29 is 23.8 Å². The molecule has 1 unspecified atom stereocenters. The Labute approximate surface area is 189 Å². The van der Waals surface area contributed by atoms with Gasteiger partial charge in [0.2, 0.25) is 5.91 Å². The maximum atomic E-state index is 13.2. The molecule has 172 valence electrons. The molecule has 32 heavy (non-hydrogen) atoms. The van der Waals surface area contributed by atoms with Crippen LogP contribution in [0.3, 0.4) is 0 Å². The van der Waals surface area contributed by atoms with Gasteiger partial charge in [-0.1, -0.05) is 0 Å². The first-order valence-corrected chi connectivity index (χ1v) is 10.9. The highest BCUT2D eigenvalue weighted by molar-refractivity contribution is 5.97. The Morgan fingerprint density at radius 1 is 1.03 bits per heavy atom. The third-order valence-electron chi connectivity index (χ3n) is 5.93. The zero-order valence-corrected chi connectivity index (χ0v) is 19.3. The van der Waals surface area contributed by atoms with Crippen LogP contribution >= 0.6 is 0 Å². The lowest BCUT2D eigenvalue weighted by molar-refractivity contribution is -0.116. The van der Waals surface area contributed by atoms with Gasteiger partial charge in [-0.25, -0.2) is 0 Å². The lowest BCUT2D eigenvalue weighted by Gasteiger charge is -2.33. The van der Waals surface area contributed by atoms with Crippen molar-refractivity contribution in [1.29, 1.82) is 0 Å². The summed E-state index contributed by atoms with van der Waals surface area (Å²) in [5.74, 6) is 2.12. The van der Waals surface area contributed by atoms with E-state index in [1.54, 1.807) is 39.5 Å². The van der Waals surface area contributed by atoms with Crippen LogP contribution in [0, 0.1) is 12.8 Å². The van der Waals surface area contributed by atoms with E-state index in [2.05, 4.69) is 5.32 Å². The fourth-order valence-electron chi connectivity index (χ4n) is 4.09. The molecule has 0 spiro atoms. The van der Waals surface area contributed by atoms with E-state index in [1.807, 2.05) is 30.0 Å². The van der Waals surface area contributed by atoms with Gasteiger partial charge in [-0.15, -0.1) is 0 Å². The van der Waals surface area contributed by atoms with Crippen LogP contribution < -0.4 is 19.5 Å². The Hall–Kier alpha value is -3.22. The summed E-state index contributed by atoms with van der Waals surface area (Å²) < 4.78 is 15.9. The highest BCUT2D eigenvalue weighted by atomic mass is 16.5. The number of hydrogen-bond acceptors (Lipinski definition) is 5. The van der Waals surface area contributed by atoms with Crippen LogP contribution in [0.15, 0.2) is 36.4 Å². The van der Waals surface area contributed by atoms with Crippen LogP contribution in [-0.2, 0) is 4.79 Å². The Bertz CT molecular complexity index is 959. The summed E-state index contributed by atoms with van der Waals surface area (Å²) in [5, 5.41) is 2.98. The number of carbonyl (C=O) groups excluding carboxylic acids is 2. The van der Waals surface area contributed by atoms with E-state index < -0.39 is 0 Å². The van der Waals surface area contributed by atoms with Gasteiger partial charge in [-0.05, 0) is 74.1 Å². The first kappa shape index (κ1) is 23.4. The number of anilines is 1. The Balaban J connectivity index is 1.57. The zero-order valence-electron chi connectivity index (χ0n) is 19.3. The van der Waals surface area contributed by atoms with Crippen molar-refractivity contribution in [1.82, 2.24) is 4.90 Å². The van der Waals surface area contributed by atoms with Crippen molar-refractivity contribution in [3.63, 3.8) is 0 Å². The molecule has 2 aromatic carbocycles. The number of amides is 2. The van der Waals surface area contributed by atoms with Crippen LogP contribution in [0.4, 0.5) is 5.69 Å². The van der Waals surface area contributed by atoms with Gasteiger partial charge in [0.25, 0.3) is 5.91 Å². The fourth-order valence-corrected chi connectivity index (χ4v) is 4.09. The van der Waals surface area contributed by atoms with Crippen molar-refractivity contribution in [2.75, 3.05) is 39.7 Å². The predicted molar refractivity (Wildman–Crippen MR) is 124 cm³/mol. The SMILES string of the molecule is COc1ccc(NC(=O)CCC2CCCN(C(=O)c3cc(OC)ccc3OC)C2)c(C)c1. The van der Waals surface area contributed by atoms with Crippen molar-refractivity contribution >= 4 is 17.5 Å². The average molecular weight is 441 g/mol. The molecule has 0 radical (unpaired) electrons. The smallest absolute Gasteiger partial charge is 0.257 e. The van der Waals surface area contributed by atoms with Crippen molar-refractivity contribution in [2.45, 2.75) is 32.6 Å². The van der Waals surface area contributed by atoms with Crippen molar-refractivity contribution in [3.05, 3.63) is 47.5 Å². The van der Waals surface area contributed by atoms with E-state index in [4.69, 9.17) is 14.2 Å². The number of carbonyl (C=O) groups is 2.